The fourth-order valence-electron chi connectivity index (χ4n) is 1.42. The monoisotopic (exact) mass is 305 g/mol. The first-order valence-electron chi connectivity index (χ1n) is 4.46. The van der Waals surface area contributed by atoms with E-state index in [9.17, 15) is 9.59 Å². The molecule has 0 aliphatic carbocycles. The zero-order valence-electron chi connectivity index (χ0n) is 8.05. The lowest BCUT2D eigenvalue weighted by Crippen LogP contribution is -2.41. The second kappa shape index (κ2) is 4.50. The average Bonchev–Trinajstić information content (AvgIpc) is 2.84. The minimum Gasteiger partial charge on any atom is -0.480 e. The summed E-state index contributed by atoms with van der Waals surface area (Å²) < 4.78 is 5.56. The molecule has 1 saturated heterocycles. The molecule has 7 heteroatoms. The number of nitrogens with zero attached hydrogens (tertiary/aromatic N) is 1. The Balaban J connectivity index is 2.18. The fraction of sp³-hybridized carbons (Fsp3) is 0.333. The SMILES string of the molecule is O=C(O)C1CSCN1C(=O)c1ccc(Br)o1. The number of carbonyl (C=O) groups excluding carboxylic acids is 1. The van der Waals surface area contributed by atoms with Crippen LogP contribution in [0.15, 0.2) is 21.2 Å². The fourth-order valence-corrected chi connectivity index (χ4v) is 2.87. The third kappa shape index (κ3) is 2.10. The average molecular weight is 306 g/mol. The highest BCUT2D eigenvalue weighted by molar-refractivity contribution is 9.10. The van der Waals surface area contributed by atoms with Gasteiger partial charge in [-0.3, -0.25) is 4.79 Å². The number of amides is 1. The number of carboxylic acid groups (broad SMARTS) is 1. The minimum atomic E-state index is -0.982. The Morgan fingerprint density at radius 3 is 2.88 bits per heavy atom. The molecule has 1 aromatic heterocycles. The molecule has 1 amide bonds. The molecule has 1 aliphatic rings. The highest BCUT2D eigenvalue weighted by Gasteiger charge is 2.36. The highest BCUT2D eigenvalue weighted by Crippen LogP contribution is 2.24. The number of hydrogen-bond donors (Lipinski definition) is 1. The van der Waals surface area contributed by atoms with Crippen LogP contribution in [0.2, 0.25) is 0 Å². The van der Waals surface area contributed by atoms with Gasteiger partial charge in [0.1, 0.15) is 6.04 Å². The van der Waals surface area contributed by atoms with E-state index in [-0.39, 0.29) is 11.7 Å². The molecule has 16 heavy (non-hydrogen) atoms. The van der Waals surface area contributed by atoms with Gasteiger partial charge in [0.15, 0.2) is 10.4 Å². The Morgan fingerprint density at radius 2 is 2.31 bits per heavy atom. The van der Waals surface area contributed by atoms with Gasteiger partial charge in [-0.15, -0.1) is 11.8 Å². The lowest BCUT2D eigenvalue weighted by Gasteiger charge is -2.18. The molecule has 1 N–H and O–H groups in total. The van der Waals surface area contributed by atoms with Crippen molar-refractivity contribution in [2.24, 2.45) is 0 Å². The van der Waals surface area contributed by atoms with Gasteiger partial charge in [-0.25, -0.2) is 4.79 Å². The van der Waals surface area contributed by atoms with Crippen LogP contribution in [0.1, 0.15) is 10.6 Å². The molecule has 1 fully saturated rings. The van der Waals surface area contributed by atoms with Gasteiger partial charge in [-0.1, -0.05) is 0 Å². The van der Waals surface area contributed by atoms with Crippen LogP contribution in [0.4, 0.5) is 0 Å². The van der Waals surface area contributed by atoms with Crippen LogP contribution >= 0.6 is 27.7 Å². The number of halogens is 1. The van der Waals surface area contributed by atoms with Crippen molar-refractivity contribution in [3.63, 3.8) is 0 Å². The first-order chi connectivity index (χ1) is 7.59. The molecule has 0 aromatic carbocycles. The number of carbonyl (C=O) groups is 2. The zero-order chi connectivity index (χ0) is 11.7. The molecule has 2 heterocycles. The van der Waals surface area contributed by atoms with E-state index in [1.807, 2.05) is 0 Å². The molecule has 1 aliphatic heterocycles. The van der Waals surface area contributed by atoms with E-state index in [1.54, 1.807) is 6.07 Å². The van der Waals surface area contributed by atoms with Crippen molar-refractivity contribution in [3.8, 4) is 0 Å². The van der Waals surface area contributed by atoms with Crippen molar-refractivity contribution in [3.05, 3.63) is 22.6 Å². The van der Waals surface area contributed by atoms with E-state index in [1.165, 1.54) is 22.7 Å². The van der Waals surface area contributed by atoms with Crippen LogP contribution in [-0.2, 0) is 4.79 Å². The van der Waals surface area contributed by atoms with Crippen LogP contribution in [0, 0.1) is 0 Å². The van der Waals surface area contributed by atoms with E-state index >= 15 is 0 Å². The predicted octanol–water partition coefficient (Wildman–Crippen LogP) is 1.64. The maximum Gasteiger partial charge on any atom is 0.327 e. The van der Waals surface area contributed by atoms with Crippen molar-refractivity contribution in [2.45, 2.75) is 6.04 Å². The van der Waals surface area contributed by atoms with E-state index in [4.69, 9.17) is 9.52 Å². The quantitative estimate of drug-likeness (QED) is 0.899. The molecule has 86 valence electrons. The Labute approximate surface area is 104 Å². The van der Waals surface area contributed by atoms with Crippen LogP contribution in [0.25, 0.3) is 0 Å². The Hall–Kier alpha value is -0.950. The van der Waals surface area contributed by atoms with Gasteiger partial charge in [0.05, 0.1) is 5.88 Å². The highest BCUT2D eigenvalue weighted by atomic mass is 79.9. The summed E-state index contributed by atoms with van der Waals surface area (Å²) in [6, 6.07) is 2.36. The van der Waals surface area contributed by atoms with E-state index in [0.29, 0.717) is 16.3 Å². The van der Waals surface area contributed by atoms with Gasteiger partial charge >= 0.3 is 5.97 Å². The van der Waals surface area contributed by atoms with Gasteiger partial charge in [0.25, 0.3) is 5.91 Å². The Morgan fingerprint density at radius 1 is 1.56 bits per heavy atom. The van der Waals surface area contributed by atoms with E-state index in [0.717, 1.165) is 0 Å². The molecule has 2 rings (SSSR count). The second-order valence-electron chi connectivity index (χ2n) is 3.23. The first kappa shape index (κ1) is 11.5. The van der Waals surface area contributed by atoms with Crippen LogP contribution < -0.4 is 0 Å². The number of thioether (sulfide) groups is 1. The molecule has 5 nitrogen and oxygen atoms in total. The van der Waals surface area contributed by atoms with Crippen molar-refractivity contribution < 1.29 is 19.1 Å². The molecular weight excluding hydrogens is 298 g/mol. The van der Waals surface area contributed by atoms with E-state index in [2.05, 4.69) is 15.9 Å². The van der Waals surface area contributed by atoms with Crippen molar-refractivity contribution in [2.75, 3.05) is 11.6 Å². The van der Waals surface area contributed by atoms with Crippen molar-refractivity contribution in [1.82, 2.24) is 4.90 Å². The summed E-state index contributed by atoms with van der Waals surface area (Å²) >= 11 is 4.51. The largest absolute Gasteiger partial charge is 0.480 e. The summed E-state index contributed by atoms with van der Waals surface area (Å²) in [5.41, 5.74) is 0. The maximum atomic E-state index is 11.9. The van der Waals surface area contributed by atoms with Gasteiger partial charge in [0, 0.05) is 5.75 Å². The van der Waals surface area contributed by atoms with Crippen molar-refractivity contribution >= 4 is 39.6 Å². The number of rotatable bonds is 2. The van der Waals surface area contributed by atoms with Crippen LogP contribution in [-0.4, -0.2) is 39.6 Å². The molecule has 1 unspecified atom stereocenters. The summed E-state index contributed by atoms with van der Waals surface area (Å²) in [5.74, 6) is -0.412. The number of carboxylic acids is 1. The molecule has 0 radical (unpaired) electrons. The van der Waals surface area contributed by atoms with Gasteiger partial charge < -0.3 is 14.4 Å². The lowest BCUT2D eigenvalue weighted by molar-refractivity contribution is -0.140. The summed E-state index contributed by atoms with van der Waals surface area (Å²) in [6.07, 6.45) is 0. The van der Waals surface area contributed by atoms with Gasteiger partial charge in [-0.2, -0.15) is 0 Å². The van der Waals surface area contributed by atoms with E-state index < -0.39 is 12.0 Å². The molecule has 0 bridgehead atoms. The maximum absolute atomic E-state index is 11.9. The zero-order valence-corrected chi connectivity index (χ0v) is 10.5. The predicted molar refractivity (Wildman–Crippen MR) is 61.3 cm³/mol. The number of aliphatic carboxylic acids is 1. The molecule has 0 saturated carbocycles. The number of furan rings is 1. The summed E-state index contributed by atoms with van der Waals surface area (Å²) in [4.78, 5) is 24.1. The third-order valence-corrected chi connectivity index (χ3v) is 3.65. The van der Waals surface area contributed by atoms with Crippen LogP contribution in [0.5, 0.6) is 0 Å². The topological polar surface area (TPSA) is 70.8 Å². The summed E-state index contributed by atoms with van der Waals surface area (Å²) in [6.45, 7) is 0. The molecular formula is C9H8BrNO4S. The summed E-state index contributed by atoms with van der Waals surface area (Å²) in [5, 5.41) is 8.94. The number of hydrogen-bond acceptors (Lipinski definition) is 4. The Kier molecular flexibility index (Phi) is 3.25. The van der Waals surface area contributed by atoms with Gasteiger partial charge in [0.2, 0.25) is 0 Å². The second-order valence-corrected chi connectivity index (χ2v) is 5.01. The van der Waals surface area contributed by atoms with Crippen LogP contribution in [0.3, 0.4) is 0 Å². The minimum absolute atomic E-state index is 0.153. The van der Waals surface area contributed by atoms with Crippen molar-refractivity contribution in [1.29, 1.82) is 0 Å². The normalized spacial score (nSPS) is 20.1. The van der Waals surface area contributed by atoms with Gasteiger partial charge in [-0.05, 0) is 28.1 Å². The summed E-state index contributed by atoms with van der Waals surface area (Å²) in [7, 11) is 0. The smallest absolute Gasteiger partial charge is 0.327 e. The lowest BCUT2D eigenvalue weighted by atomic mass is 10.3. The third-order valence-electron chi connectivity index (χ3n) is 2.21. The standard InChI is InChI=1S/C9H8BrNO4S/c10-7-2-1-6(15-7)8(12)11-4-16-3-5(11)9(13)14/h1-2,5H,3-4H2,(H,13,14). The Bertz CT molecular complexity index is 433. The molecule has 1 aromatic rings. The molecule has 0 spiro atoms. The molecule has 1 atom stereocenters. The first-order valence-corrected chi connectivity index (χ1v) is 6.41.